The van der Waals surface area contributed by atoms with Gasteiger partial charge in [0.15, 0.2) is 9.84 Å². The quantitative estimate of drug-likeness (QED) is 0.806. The topological polar surface area (TPSA) is 34.1 Å². The number of hydrogen-bond acceptors (Lipinski definition) is 3. The maximum atomic E-state index is 13.9. The summed E-state index contributed by atoms with van der Waals surface area (Å²) in [4.78, 5) is 0.672. The van der Waals surface area contributed by atoms with Crippen LogP contribution in [0.5, 0.6) is 0 Å². The van der Waals surface area contributed by atoms with Crippen molar-refractivity contribution in [2.45, 2.75) is 21.5 Å². The fourth-order valence-electron chi connectivity index (χ4n) is 2.47. The second-order valence-corrected chi connectivity index (χ2v) is 8.45. The van der Waals surface area contributed by atoms with Gasteiger partial charge in [0, 0.05) is 9.92 Å². The Morgan fingerprint density at radius 2 is 1.86 bits per heavy atom. The first kappa shape index (κ1) is 14.9. The van der Waals surface area contributed by atoms with Crippen LogP contribution in [0, 0.1) is 5.82 Å². The summed E-state index contributed by atoms with van der Waals surface area (Å²) in [5, 5.41) is -0.217. The molecule has 1 unspecified atom stereocenters. The van der Waals surface area contributed by atoms with Crippen LogP contribution in [0.1, 0.15) is 17.2 Å². The molecule has 0 bridgehead atoms. The van der Waals surface area contributed by atoms with Crippen LogP contribution >= 0.6 is 23.4 Å². The molecule has 2 nitrogen and oxygen atoms in total. The third-order valence-corrected chi connectivity index (χ3v) is 7.07. The van der Waals surface area contributed by atoms with Crippen molar-refractivity contribution in [3.63, 3.8) is 0 Å². The van der Waals surface area contributed by atoms with Gasteiger partial charge in [0.1, 0.15) is 5.82 Å². The molecule has 0 fully saturated rings. The van der Waals surface area contributed by atoms with Gasteiger partial charge in [-0.15, -0.1) is 11.8 Å². The number of hydrogen-bond donors (Lipinski definition) is 0. The molecule has 0 saturated heterocycles. The van der Waals surface area contributed by atoms with Gasteiger partial charge < -0.3 is 0 Å². The molecule has 3 rings (SSSR count). The van der Waals surface area contributed by atoms with Crippen LogP contribution in [0.3, 0.4) is 0 Å². The Labute approximate surface area is 132 Å². The first-order valence-electron chi connectivity index (χ1n) is 6.41. The van der Waals surface area contributed by atoms with Crippen LogP contribution < -0.4 is 0 Å². The van der Waals surface area contributed by atoms with E-state index in [9.17, 15) is 12.8 Å². The lowest BCUT2D eigenvalue weighted by Gasteiger charge is -2.25. The third kappa shape index (κ3) is 2.70. The minimum Gasteiger partial charge on any atom is -0.223 e. The van der Waals surface area contributed by atoms with E-state index >= 15 is 0 Å². The van der Waals surface area contributed by atoms with E-state index in [2.05, 4.69) is 0 Å². The summed E-state index contributed by atoms with van der Waals surface area (Å²) >= 11 is 7.17. The van der Waals surface area contributed by atoms with E-state index in [0.29, 0.717) is 27.7 Å². The Morgan fingerprint density at radius 1 is 1.14 bits per heavy atom. The van der Waals surface area contributed by atoms with Crippen molar-refractivity contribution in [3.05, 3.63) is 58.9 Å². The highest BCUT2D eigenvalue weighted by Gasteiger charge is 2.34. The molecule has 0 radical (unpaired) electrons. The number of fused-ring (bicyclic) bond motifs is 1. The number of rotatable bonds is 2. The van der Waals surface area contributed by atoms with Crippen molar-refractivity contribution in [1.29, 1.82) is 0 Å². The number of halogens is 2. The summed E-state index contributed by atoms with van der Waals surface area (Å²) in [6.45, 7) is 0. The van der Waals surface area contributed by atoms with E-state index in [1.54, 1.807) is 24.3 Å². The largest absolute Gasteiger partial charge is 0.223 e. The minimum atomic E-state index is -3.55. The summed E-state index contributed by atoms with van der Waals surface area (Å²) in [5.41, 5.74) is 0.557. The van der Waals surface area contributed by atoms with Crippen LogP contribution in [0.2, 0.25) is 5.02 Å². The molecule has 2 aromatic rings. The normalized spacial score (nSPS) is 18.3. The molecule has 21 heavy (non-hydrogen) atoms. The summed E-state index contributed by atoms with van der Waals surface area (Å²) < 4.78 is 39.5. The van der Waals surface area contributed by atoms with E-state index < -0.39 is 15.1 Å². The summed E-state index contributed by atoms with van der Waals surface area (Å²) in [6, 6.07) is 10.7. The molecule has 1 aliphatic heterocycles. The van der Waals surface area contributed by atoms with E-state index in [-0.39, 0.29) is 10.7 Å². The standard InChI is InChI=1S/C15H12ClFO2S2/c16-10-4-6-11(7-5-10)21(18,19)14-8-9-20-15-12(14)2-1-3-13(15)17/h1-7,14H,8-9H2. The van der Waals surface area contributed by atoms with Crippen LogP contribution in [-0.4, -0.2) is 14.2 Å². The Bertz CT molecular complexity index is 773. The molecule has 6 heteroatoms. The first-order valence-corrected chi connectivity index (χ1v) is 9.32. The summed E-state index contributed by atoms with van der Waals surface area (Å²) in [6.07, 6.45) is 0.478. The zero-order valence-electron chi connectivity index (χ0n) is 10.9. The summed E-state index contributed by atoms with van der Waals surface area (Å²) in [7, 11) is -3.55. The zero-order valence-corrected chi connectivity index (χ0v) is 13.3. The van der Waals surface area contributed by atoms with E-state index in [1.807, 2.05) is 0 Å². The lowest BCUT2D eigenvalue weighted by atomic mass is 10.1. The van der Waals surface area contributed by atoms with Gasteiger partial charge in [-0.1, -0.05) is 23.7 Å². The third-order valence-electron chi connectivity index (χ3n) is 3.49. The van der Waals surface area contributed by atoms with Crippen LogP contribution in [0.4, 0.5) is 4.39 Å². The number of thioether (sulfide) groups is 1. The molecule has 0 N–H and O–H groups in total. The number of sulfone groups is 1. The first-order chi connectivity index (χ1) is 10.00. The van der Waals surface area contributed by atoms with E-state index in [1.165, 1.54) is 30.0 Å². The van der Waals surface area contributed by atoms with Gasteiger partial charge in [0.25, 0.3) is 0 Å². The second-order valence-electron chi connectivity index (χ2n) is 4.78. The monoisotopic (exact) mass is 342 g/mol. The predicted octanol–water partition coefficient (Wildman–Crippen LogP) is 4.49. The number of benzene rings is 2. The van der Waals surface area contributed by atoms with Crippen LogP contribution in [-0.2, 0) is 9.84 Å². The maximum Gasteiger partial charge on any atom is 0.185 e. The Morgan fingerprint density at radius 3 is 2.57 bits per heavy atom. The van der Waals surface area contributed by atoms with Gasteiger partial charge in [-0.25, -0.2) is 12.8 Å². The highest BCUT2D eigenvalue weighted by atomic mass is 35.5. The molecule has 1 aliphatic rings. The molecule has 1 atom stereocenters. The van der Waals surface area contributed by atoms with Gasteiger partial charge >= 0.3 is 0 Å². The lowest BCUT2D eigenvalue weighted by molar-refractivity contribution is 0.568. The van der Waals surface area contributed by atoms with Gasteiger partial charge in [0.2, 0.25) is 0 Å². The molecule has 110 valence electrons. The van der Waals surface area contributed by atoms with Crippen molar-refractivity contribution < 1.29 is 12.8 Å². The van der Waals surface area contributed by atoms with E-state index in [0.717, 1.165) is 0 Å². The average molecular weight is 343 g/mol. The van der Waals surface area contributed by atoms with Crippen molar-refractivity contribution >= 4 is 33.2 Å². The molecule has 0 saturated carbocycles. The zero-order chi connectivity index (χ0) is 15.0. The molecule has 2 aromatic carbocycles. The Kier molecular flexibility index (Phi) is 3.99. The van der Waals surface area contributed by atoms with Gasteiger partial charge in [-0.05, 0) is 48.1 Å². The fourth-order valence-corrected chi connectivity index (χ4v) is 5.76. The molecule has 0 amide bonds. The van der Waals surface area contributed by atoms with Crippen molar-refractivity contribution in [2.24, 2.45) is 0 Å². The molecule has 1 heterocycles. The second kappa shape index (κ2) is 5.63. The summed E-state index contributed by atoms with van der Waals surface area (Å²) in [5.74, 6) is 0.235. The molecular formula is C15H12ClFO2S2. The highest BCUT2D eigenvalue weighted by Crippen LogP contribution is 2.43. The van der Waals surface area contributed by atoms with Crippen molar-refractivity contribution in [2.75, 3.05) is 5.75 Å². The predicted molar refractivity (Wildman–Crippen MR) is 83.1 cm³/mol. The Balaban J connectivity index is 2.10. The smallest absolute Gasteiger partial charge is 0.185 e. The molecular weight excluding hydrogens is 331 g/mol. The molecule has 0 aliphatic carbocycles. The lowest BCUT2D eigenvalue weighted by Crippen LogP contribution is -2.18. The highest BCUT2D eigenvalue weighted by molar-refractivity contribution is 7.99. The minimum absolute atomic E-state index is 0.221. The average Bonchev–Trinajstić information content (AvgIpc) is 2.47. The van der Waals surface area contributed by atoms with Crippen LogP contribution in [0.15, 0.2) is 52.3 Å². The molecule has 0 aromatic heterocycles. The van der Waals surface area contributed by atoms with Crippen molar-refractivity contribution in [3.8, 4) is 0 Å². The maximum absolute atomic E-state index is 13.9. The Hall–Kier alpha value is -1.04. The molecule has 0 spiro atoms. The van der Waals surface area contributed by atoms with Gasteiger partial charge in [0.05, 0.1) is 10.1 Å². The van der Waals surface area contributed by atoms with E-state index in [4.69, 9.17) is 11.6 Å². The van der Waals surface area contributed by atoms with Crippen molar-refractivity contribution in [1.82, 2.24) is 0 Å². The fraction of sp³-hybridized carbons (Fsp3) is 0.200. The van der Waals surface area contributed by atoms with Gasteiger partial charge in [-0.2, -0.15) is 0 Å². The van der Waals surface area contributed by atoms with Crippen LogP contribution in [0.25, 0.3) is 0 Å². The SMILES string of the molecule is O=S(=O)(c1ccc(Cl)cc1)C1CCSc2c(F)cccc21. The van der Waals surface area contributed by atoms with Gasteiger partial charge in [-0.3, -0.25) is 0 Å².